The van der Waals surface area contributed by atoms with Crippen LogP contribution in [0.25, 0.3) is 22.0 Å². The number of aromatic nitrogens is 5. The fourth-order valence-corrected chi connectivity index (χ4v) is 4.64. The SMILES string of the molecule is Cc1ccc(-c2nnc(SCc3ccc(-c4csnn4)cc3)n2C)s1. The summed E-state index contributed by atoms with van der Waals surface area (Å²) in [5.41, 5.74) is 3.26. The standard InChI is InChI=1S/C17H15N5S3/c1-11-3-8-15(25-11)16-19-20-17(22(16)2)23-9-12-4-6-13(7-5-12)14-10-24-21-18-14/h3-8,10H,9H2,1-2H3. The predicted octanol–water partition coefficient (Wildman–Crippen LogP) is 4.66. The lowest BCUT2D eigenvalue weighted by molar-refractivity contribution is 0.794. The zero-order valence-electron chi connectivity index (χ0n) is 13.7. The molecule has 8 heteroatoms. The van der Waals surface area contributed by atoms with Crippen LogP contribution in [-0.4, -0.2) is 24.4 Å². The molecule has 1 aromatic carbocycles. The van der Waals surface area contributed by atoms with Gasteiger partial charge in [-0.1, -0.05) is 40.5 Å². The van der Waals surface area contributed by atoms with Crippen LogP contribution in [0.4, 0.5) is 0 Å². The van der Waals surface area contributed by atoms with E-state index < -0.39 is 0 Å². The fraction of sp³-hybridized carbons (Fsp3) is 0.176. The van der Waals surface area contributed by atoms with E-state index in [1.165, 1.54) is 22.0 Å². The van der Waals surface area contributed by atoms with Crippen LogP contribution in [0.3, 0.4) is 0 Å². The van der Waals surface area contributed by atoms with Gasteiger partial charge in [-0.25, -0.2) is 0 Å². The molecule has 0 fully saturated rings. The van der Waals surface area contributed by atoms with Gasteiger partial charge in [0.05, 0.1) is 4.88 Å². The third-order valence-electron chi connectivity index (χ3n) is 3.77. The van der Waals surface area contributed by atoms with Gasteiger partial charge >= 0.3 is 0 Å². The third-order valence-corrected chi connectivity index (χ3v) is 6.37. The van der Waals surface area contributed by atoms with Gasteiger partial charge in [0.15, 0.2) is 11.0 Å². The van der Waals surface area contributed by atoms with Gasteiger partial charge in [-0.3, -0.25) is 0 Å². The minimum atomic E-state index is 0.852. The van der Waals surface area contributed by atoms with Crippen LogP contribution in [0.1, 0.15) is 10.4 Å². The first-order valence-corrected chi connectivity index (χ1v) is 10.3. The summed E-state index contributed by atoms with van der Waals surface area (Å²) in [6.07, 6.45) is 0. The van der Waals surface area contributed by atoms with E-state index in [1.54, 1.807) is 23.1 Å². The summed E-state index contributed by atoms with van der Waals surface area (Å²) in [6, 6.07) is 12.6. The molecule has 0 atom stereocenters. The zero-order chi connectivity index (χ0) is 17.2. The number of benzene rings is 1. The molecule has 0 saturated carbocycles. The first-order valence-electron chi connectivity index (χ1n) is 7.66. The number of aryl methyl sites for hydroxylation is 1. The van der Waals surface area contributed by atoms with E-state index in [4.69, 9.17) is 0 Å². The smallest absolute Gasteiger partial charge is 0.191 e. The molecule has 0 saturated heterocycles. The van der Waals surface area contributed by atoms with Crippen LogP contribution in [0, 0.1) is 6.92 Å². The molecule has 0 amide bonds. The molecule has 0 bridgehead atoms. The molecule has 3 aromatic heterocycles. The van der Waals surface area contributed by atoms with Crippen LogP contribution in [0.5, 0.6) is 0 Å². The normalized spacial score (nSPS) is 11.1. The summed E-state index contributed by atoms with van der Waals surface area (Å²) in [5, 5.41) is 15.7. The zero-order valence-corrected chi connectivity index (χ0v) is 16.2. The molecule has 3 heterocycles. The van der Waals surface area contributed by atoms with Crippen molar-refractivity contribution < 1.29 is 0 Å². The van der Waals surface area contributed by atoms with Gasteiger partial charge < -0.3 is 4.57 Å². The monoisotopic (exact) mass is 385 g/mol. The Morgan fingerprint density at radius 3 is 2.56 bits per heavy atom. The molecule has 0 spiro atoms. The van der Waals surface area contributed by atoms with Crippen LogP contribution in [-0.2, 0) is 12.8 Å². The van der Waals surface area contributed by atoms with E-state index in [0.717, 1.165) is 32.9 Å². The molecule has 4 aromatic rings. The van der Waals surface area contributed by atoms with Crippen LogP contribution >= 0.6 is 34.6 Å². The maximum absolute atomic E-state index is 4.35. The van der Waals surface area contributed by atoms with Crippen molar-refractivity contribution in [2.75, 3.05) is 0 Å². The number of thioether (sulfide) groups is 1. The van der Waals surface area contributed by atoms with Crippen molar-refractivity contribution in [2.24, 2.45) is 7.05 Å². The van der Waals surface area contributed by atoms with Gasteiger partial charge in [0.25, 0.3) is 0 Å². The van der Waals surface area contributed by atoms with E-state index in [-0.39, 0.29) is 0 Å². The predicted molar refractivity (Wildman–Crippen MR) is 104 cm³/mol. The third kappa shape index (κ3) is 3.51. The maximum atomic E-state index is 4.35. The molecular weight excluding hydrogens is 370 g/mol. The minimum Gasteiger partial charge on any atom is -0.304 e. The van der Waals surface area contributed by atoms with Crippen LogP contribution < -0.4 is 0 Å². The topological polar surface area (TPSA) is 56.5 Å². The van der Waals surface area contributed by atoms with Crippen LogP contribution in [0.15, 0.2) is 46.9 Å². The summed E-state index contributed by atoms with van der Waals surface area (Å²) >= 11 is 4.80. The molecule has 126 valence electrons. The van der Waals surface area contributed by atoms with Gasteiger partial charge in [0, 0.05) is 28.6 Å². The van der Waals surface area contributed by atoms with Crippen molar-refractivity contribution in [3.05, 3.63) is 52.2 Å². The molecule has 0 radical (unpaired) electrons. The second-order valence-corrected chi connectivity index (χ2v) is 8.39. The molecular formula is C17H15N5S3. The Kier molecular flexibility index (Phi) is 4.65. The van der Waals surface area contributed by atoms with Crippen molar-refractivity contribution in [1.82, 2.24) is 24.4 Å². The van der Waals surface area contributed by atoms with E-state index in [9.17, 15) is 0 Å². The Morgan fingerprint density at radius 2 is 1.88 bits per heavy atom. The number of nitrogens with zero attached hydrogens (tertiary/aromatic N) is 5. The Hall–Kier alpha value is -2.03. The lowest BCUT2D eigenvalue weighted by Gasteiger charge is -2.04. The number of rotatable bonds is 5. The van der Waals surface area contributed by atoms with Crippen molar-refractivity contribution in [1.29, 1.82) is 0 Å². The molecule has 0 unspecified atom stereocenters. The lowest BCUT2D eigenvalue weighted by atomic mass is 10.1. The Labute approximate surface area is 157 Å². The molecule has 25 heavy (non-hydrogen) atoms. The van der Waals surface area contributed by atoms with E-state index in [2.05, 4.69) is 67.7 Å². The summed E-state index contributed by atoms with van der Waals surface area (Å²) in [5.74, 6) is 1.78. The van der Waals surface area contributed by atoms with E-state index in [0.29, 0.717) is 0 Å². The first kappa shape index (κ1) is 16.4. The molecule has 0 aliphatic heterocycles. The van der Waals surface area contributed by atoms with E-state index in [1.807, 2.05) is 12.4 Å². The molecule has 5 nitrogen and oxygen atoms in total. The van der Waals surface area contributed by atoms with E-state index >= 15 is 0 Å². The maximum Gasteiger partial charge on any atom is 0.191 e. The number of hydrogen-bond donors (Lipinski definition) is 0. The highest BCUT2D eigenvalue weighted by molar-refractivity contribution is 7.98. The average Bonchev–Trinajstić information content (AvgIpc) is 3.35. The highest BCUT2D eigenvalue weighted by atomic mass is 32.2. The van der Waals surface area contributed by atoms with Crippen molar-refractivity contribution in [3.63, 3.8) is 0 Å². The highest BCUT2D eigenvalue weighted by Gasteiger charge is 2.13. The number of thiophene rings is 1. The Morgan fingerprint density at radius 1 is 1.04 bits per heavy atom. The second-order valence-electron chi connectivity index (χ2n) is 5.55. The van der Waals surface area contributed by atoms with Gasteiger partial charge in [-0.2, -0.15) is 0 Å². The molecule has 0 aliphatic carbocycles. The summed E-state index contributed by atoms with van der Waals surface area (Å²) < 4.78 is 5.97. The molecule has 0 N–H and O–H groups in total. The summed E-state index contributed by atoms with van der Waals surface area (Å²) in [6.45, 7) is 2.10. The fourth-order valence-electron chi connectivity index (χ4n) is 2.42. The van der Waals surface area contributed by atoms with Gasteiger partial charge in [0.2, 0.25) is 0 Å². The van der Waals surface area contributed by atoms with Gasteiger partial charge in [0.1, 0.15) is 5.69 Å². The molecule has 4 rings (SSSR count). The molecule has 0 aliphatic rings. The summed E-state index contributed by atoms with van der Waals surface area (Å²) in [7, 11) is 2.02. The Balaban J connectivity index is 1.46. The van der Waals surface area contributed by atoms with Crippen molar-refractivity contribution in [2.45, 2.75) is 17.8 Å². The van der Waals surface area contributed by atoms with Crippen molar-refractivity contribution in [3.8, 4) is 22.0 Å². The van der Waals surface area contributed by atoms with Crippen LogP contribution in [0.2, 0.25) is 0 Å². The average molecular weight is 386 g/mol. The largest absolute Gasteiger partial charge is 0.304 e. The minimum absolute atomic E-state index is 0.852. The second kappa shape index (κ2) is 7.07. The van der Waals surface area contributed by atoms with Crippen molar-refractivity contribution >= 4 is 34.6 Å². The highest BCUT2D eigenvalue weighted by Crippen LogP contribution is 2.29. The first-order chi connectivity index (χ1) is 12.2. The van der Waals surface area contributed by atoms with Gasteiger partial charge in [-0.05, 0) is 36.2 Å². The quantitative estimate of drug-likeness (QED) is 0.468. The van der Waals surface area contributed by atoms with Gasteiger partial charge in [-0.15, -0.1) is 26.6 Å². The summed E-state index contributed by atoms with van der Waals surface area (Å²) in [4.78, 5) is 2.43. The number of hydrogen-bond acceptors (Lipinski definition) is 7. The Bertz CT molecular complexity index is 970. The lowest BCUT2D eigenvalue weighted by Crippen LogP contribution is -1.94.